The first kappa shape index (κ1) is 17.4. The summed E-state index contributed by atoms with van der Waals surface area (Å²) >= 11 is 1.44. The first-order valence-electron chi connectivity index (χ1n) is 9.55. The van der Waals surface area contributed by atoms with Crippen LogP contribution in [0.5, 0.6) is 0 Å². The van der Waals surface area contributed by atoms with Gasteiger partial charge >= 0.3 is 0 Å². The lowest BCUT2D eigenvalue weighted by Gasteiger charge is -2.26. The molecule has 0 bridgehead atoms. The molecule has 0 spiro atoms. The Morgan fingerprint density at radius 2 is 1.79 bits per heavy atom. The Bertz CT molecular complexity index is 1160. The molecule has 5 rings (SSSR count). The largest absolute Gasteiger partial charge is 0.341 e. The summed E-state index contributed by atoms with van der Waals surface area (Å²) in [6.45, 7) is 4.05. The number of aryl methyl sites for hydroxylation is 2. The number of hydrogen-bond acceptors (Lipinski definition) is 7. The highest BCUT2D eigenvalue weighted by Crippen LogP contribution is 2.29. The van der Waals surface area contributed by atoms with Gasteiger partial charge in [0.15, 0.2) is 5.65 Å². The maximum atomic E-state index is 4.76. The number of aromatic nitrogens is 6. The van der Waals surface area contributed by atoms with E-state index in [4.69, 9.17) is 9.97 Å². The van der Waals surface area contributed by atoms with Gasteiger partial charge < -0.3 is 9.47 Å². The van der Waals surface area contributed by atoms with Gasteiger partial charge in [0.1, 0.15) is 10.5 Å². The third-order valence-corrected chi connectivity index (χ3v) is 5.91. The zero-order valence-electron chi connectivity index (χ0n) is 16.0. The maximum absolute atomic E-state index is 4.76. The molecule has 1 fully saturated rings. The second-order valence-corrected chi connectivity index (χ2v) is 8.13. The normalized spacial score (nSPS) is 14.9. The van der Waals surface area contributed by atoms with Crippen molar-refractivity contribution in [3.05, 3.63) is 36.0 Å². The fourth-order valence-electron chi connectivity index (χ4n) is 3.74. The van der Waals surface area contributed by atoms with Gasteiger partial charge in [-0.25, -0.2) is 15.0 Å². The zero-order chi connectivity index (χ0) is 19.1. The van der Waals surface area contributed by atoms with Crippen molar-refractivity contribution in [1.29, 1.82) is 0 Å². The van der Waals surface area contributed by atoms with Gasteiger partial charge in [0, 0.05) is 31.2 Å². The fourth-order valence-corrected chi connectivity index (χ4v) is 4.50. The van der Waals surface area contributed by atoms with Gasteiger partial charge in [0.25, 0.3) is 0 Å². The highest BCUT2D eigenvalue weighted by molar-refractivity contribution is 7.99. The van der Waals surface area contributed by atoms with E-state index < -0.39 is 0 Å². The number of para-hydroxylation sites is 1. The minimum absolute atomic E-state index is 0.598. The van der Waals surface area contributed by atoms with Gasteiger partial charge in [-0.05, 0) is 50.1 Å². The topological polar surface area (TPSA) is 72.6 Å². The standard InChI is InChI=1S/C20H21N7S/c1-13-12-16(22-19(21-13)27-10-6-3-7-11-27)28-20-23-18-17(24-25-20)14-8-4-5-9-15(14)26(18)2/h4-5,8-9,12H,3,6-7,10-11H2,1-2H3. The molecule has 4 aromatic rings. The first-order valence-corrected chi connectivity index (χ1v) is 10.4. The molecule has 1 aliphatic rings. The molecule has 0 amide bonds. The Labute approximate surface area is 167 Å². The smallest absolute Gasteiger partial charge is 0.226 e. The summed E-state index contributed by atoms with van der Waals surface area (Å²) in [6, 6.07) is 10.1. The lowest BCUT2D eigenvalue weighted by atomic mass is 10.1. The van der Waals surface area contributed by atoms with Crippen LogP contribution in [0.4, 0.5) is 5.95 Å². The molecule has 0 N–H and O–H groups in total. The number of fused-ring (bicyclic) bond motifs is 3. The summed E-state index contributed by atoms with van der Waals surface area (Å²) in [4.78, 5) is 16.4. The molecule has 3 aromatic heterocycles. The van der Waals surface area contributed by atoms with Crippen LogP contribution in [0.1, 0.15) is 25.0 Å². The molecule has 1 aliphatic heterocycles. The van der Waals surface area contributed by atoms with Crippen molar-refractivity contribution in [3.63, 3.8) is 0 Å². The van der Waals surface area contributed by atoms with Gasteiger partial charge in [-0.1, -0.05) is 18.2 Å². The Balaban J connectivity index is 1.50. The van der Waals surface area contributed by atoms with Gasteiger partial charge in [0.05, 0.1) is 5.52 Å². The lowest BCUT2D eigenvalue weighted by molar-refractivity contribution is 0.566. The van der Waals surface area contributed by atoms with E-state index in [9.17, 15) is 0 Å². The van der Waals surface area contributed by atoms with E-state index >= 15 is 0 Å². The van der Waals surface area contributed by atoms with Crippen LogP contribution in [0.3, 0.4) is 0 Å². The van der Waals surface area contributed by atoms with Crippen molar-refractivity contribution in [2.75, 3.05) is 18.0 Å². The summed E-state index contributed by atoms with van der Waals surface area (Å²) < 4.78 is 2.06. The molecule has 7 nitrogen and oxygen atoms in total. The molecule has 4 heterocycles. The highest BCUT2D eigenvalue weighted by Gasteiger charge is 2.17. The van der Waals surface area contributed by atoms with E-state index in [-0.39, 0.29) is 0 Å². The summed E-state index contributed by atoms with van der Waals surface area (Å²) in [5.41, 5.74) is 3.72. The van der Waals surface area contributed by atoms with Crippen LogP contribution < -0.4 is 4.90 Å². The highest BCUT2D eigenvalue weighted by atomic mass is 32.2. The number of rotatable bonds is 3. The van der Waals surface area contributed by atoms with Crippen LogP contribution in [0.2, 0.25) is 0 Å². The predicted octanol–water partition coefficient (Wildman–Crippen LogP) is 3.76. The van der Waals surface area contributed by atoms with Crippen LogP contribution in [0.15, 0.2) is 40.5 Å². The van der Waals surface area contributed by atoms with Gasteiger partial charge in [-0.2, -0.15) is 0 Å². The molecule has 1 saturated heterocycles. The van der Waals surface area contributed by atoms with Gasteiger partial charge in [0.2, 0.25) is 11.1 Å². The quantitative estimate of drug-likeness (QED) is 0.492. The van der Waals surface area contributed by atoms with Crippen LogP contribution in [0.25, 0.3) is 22.1 Å². The predicted molar refractivity (Wildman–Crippen MR) is 111 cm³/mol. The molecule has 28 heavy (non-hydrogen) atoms. The van der Waals surface area contributed by atoms with Crippen molar-refractivity contribution < 1.29 is 0 Å². The van der Waals surface area contributed by atoms with Crippen molar-refractivity contribution in [1.82, 2.24) is 29.7 Å². The maximum Gasteiger partial charge on any atom is 0.226 e. The summed E-state index contributed by atoms with van der Waals surface area (Å²) in [7, 11) is 2.01. The number of piperidine rings is 1. The zero-order valence-corrected chi connectivity index (χ0v) is 16.8. The number of hydrogen-bond donors (Lipinski definition) is 0. The molecule has 0 atom stereocenters. The summed E-state index contributed by atoms with van der Waals surface area (Å²) in [5.74, 6) is 0.806. The van der Waals surface area contributed by atoms with Gasteiger partial charge in [-0.15, -0.1) is 10.2 Å². The first-order chi connectivity index (χ1) is 13.7. The van der Waals surface area contributed by atoms with E-state index in [1.807, 2.05) is 32.2 Å². The van der Waals surface area contributed by atoms with E-state index in [2.05, 4.69) is 36.8 Å². The summed E-state index contributed by atoms with van der Waals surface area (Å²) in [6.07, 6.45) is 3.68. The molecule has 142 valence electrons. The van der Waals surface area contributed by atoms with E-state index in [0.29, 0.717) is 5.16 Å². The second-order valence-electron chi connectivity index (χ2n) is 7.14. The molecular weight excluding hydrogens is 370 g/mol. The van der Waals surface area contributed by atoms with E-state index in [1.54, 1.807) is 0 Å². The summed E-state index contributed by atoms with van der Waals surface area (Å²) in [5, 5.41) is 11.3. The van der Waals surface area contributed by atoms with E-state index in [0.717, 1.165) is 51.8 Å². The number of nitrogens with zero attached hydrogens (tertiary/aromatic N) is 7. The van der Waals surface area contributed by atoms with Crippen LogP contribution in [-0.4, -0.2) is 42.8 Å². The molecule has 0 saturated carbocycles. The number of benzene rings is 1. The lowest BCUT2D eigenvalue weighted by Crippen LogP contribution is -2.31. The van der Waals surface area contributed by atoms with Crippen molar-refractivity contribution >= 4 is 39.8 Å². The molecule has 1 aromatic carbocycles. The Morgan fingerprint density at radius 1 is 0.964 bits per heavy atom. The van der Waals surface area contributed by atoms with Gasteiger partial charge in [-0.3, -0.25) is 0 Å². The minimum atomic E-state index is 0.598. The third kappa shape index (κ3) is 3.07. The van der Waals surface area contributed by atoms with Crippen molar-refractivity contribution in [2.24, 2.45) is 7.05 Å². The average Bonchev–Trinajstić information content (AvgIpc) is 3.00. The Hall–Kier alpha value is -2.74. The third-order valence-electron chi connectivity index (χ3n) is 5.14. The number of anilines is 1. The Morgan fingerprint density at radius 3 is 2.64 bits per heavy atom. The van der Waals surface area contributed by atoms with Crippen molar-refractivity contribution in [2.45, 2.75) is 36.4 Å². The van der Waals surface area contributed by atoms with Crippen LogP contribution >= 0.6 is 11.8 Å². The minimum Gasteiger partial charge on any atom is -0.341 e. The molecule has 8 heteroatoms. The average molecular weight is 392 g/mol. The molecule has 0 unspecified atom stereocenters. The second kappa shape index (κ2) is 7.01. The van der Waals surface area contributed by atoms with Crippen LogP contribution in [0, 0.1) is 6.92 Å². The van der Waals surface area contributed by atoms with Crippen LogP contribution in [-0.2, 0) is 7.05 Å². The van der Waals surface area contributed by atoms with Crippen molar-refractivity contribution in [3.8, 4) is 0 Å². The molecule has 0 aliphatic carbocycles. The fraction of sp³-hybridized carbons (Fsp3) is 0.350. The van der Waals surface area contributed by atoms with E-state index in [1.165, 1.54) is 31.0 Å². The monoisotopic (exact) mass is 391 g/mol. The SMILES string of the molecule is Cc1cc(Sc2nnc3c4ccccc4n(C)c3n2)nc(N2CCCCC2)n1. The molecular formula is C20H21N7S. The molecule has 0 radical (unpaired) electrons. The Kier molecular flexibility index (Phi) is 4.35.